The lowest BCUT2D eigenvalue weighted by atomic mass is 9.90. The molecule has 4 nitrogen and oxygen atoms in total. The standard InChI is InChI=1S/C19H20F2N2O2/c1-18(20,21)19(10-11-19)14-5-7-15(8-6-14)25-16-9-4-13(12-22-16)17(24)23(2)3/h4-9,12H,10-11H2,1-3H3. The largest absolute Gasteiger partial charge is 0.439 e. The maximum Gasteiger partial charge on any atom is 0.254 e. The van der Waals surface area contributed by atoms with Gasteiger partial charge in [0, 0.05) is 33.3 Å². The van der Waals surface area contributed by atoms with Gasteiger partial charge in [-0.3, -0.25) is 4.79 Å². The third-order valence-electron chi connectivity index (χ3n) is 4.61. The van der Waals surface area contributed by atoms with Gasteiger partial charge in [0.2, 0.25) is 5.88 Å². The summed E-state index contributed by atoms with van der Waals surface area (Å²) < 4.78 is 33.2. The van der Waals surface area contributed by atoms with Crippen molar-refractivity contribution in [2.75, 3.05) is 14.1 Å². The van der Waals surface area contributed by atoms with Crippen LogP contribution < -0.4 is 4.74 Å². The minimum Gasteiger partial charge on any atom is -0.439 e. The van der Waals surface area contributed by atoms with Gasteiger partial charge in [0.05, 0.1) is 11.0 Å². The van der Waals surface area contributed by atoms with Gasteiger partial charge in [-0.1, -0.05) is 12.1 Å². The molecule has 1 aromatic heterocycles. The minimum absolute atomic E-state index is 0.140. The third-order valence-corrected chi connectivity index (χ3v) is 4.61. The number of ether oxygens (including phenoxy) is 1. The van der Waals surface area contributed by atoms with Crippen LogP contribution in [0.3, 0.4) is 0 Å². The molecule has 0 unspecified atom stereocenters. The number of rotatable bonds is 5. The molecule has 1 heterocycles. The molecule has 0 saturated heterocycles. The number of alkyl halides is 2. The first-order chi connectivity index (χ1) is 11.7. The predicted octanol–water partition coefficient (Wildman–Crippen LogP) is 4.26. The zero-order valence-corrected chi connectivity index (χ0v) is 14.4. The number of carbonyl (C=O) groups is 1. The Hall–Kier alpha value is -2.50. The second-order valence-electron chi connectivity index (χ2n) is 6.68. The van der Waals surface area contributed by atoms with E-state index in [2.05, 4.69) is 4.98 Å². The molecule has 0 radical (unpaired) electrons. The van der Waals surface area contributed by atoms with E-state index in [1.54, 1.807) is 50.5 Å². The Morgan fingerprint density at radius 1 is 1.16 bits per heavy atom. The summed E-state index contributed by atoms with van der Waals surface area (Å²) in [6, 6.07) is 9.94. The number of hydrogen-bond donors (Lipinski definition) is 0. The van der Waals surface area contributed by atoms with Crippen LogP contribution in [0.25, 0.3) is 0 Å². The molecule has 0 spiro atoms. The van der Waals surface area contributed by atoms with Crippen LogP contribution in [0, 0.1) is 0 Å². The summed E-state index contributed by atoms with van der Waals surface area (Å²) in [6.45, 7) is 0.977. The van der Waals surface area contributed by atoms with Crippen LogP contribution in [0.5, 0.6) is 11.6 Å². The van der Waals surface area contributed by atoms with E-state index >= 15 is 0 Å². The lowest BCUT2D eigenvalue weighted by Crippen LogP contribution is -2.29. The minimum atomic E-state index is -2.73. The Morgan fingerprint density at radius 2 is 1.80 bits per heavy atom. The molecule has 25 heavy (non-hydrogen) atoms. The van der Waals surface area contributed by atoms with Crippen LogP contribution in [-0.2, 0) is 5.41 Å². The average Bonchev–Trinajstić information content (AvgIpc) is 3.37. The molecule has 1 aliphatic carbocycles. The van der Waals surface area contributed by atoms with E-state index < -0.39 is 11.3 Å². The van der Waals surface area contributed by atoms with Crippen LogP contribution in [0.4, 0.5) is 8.78 Å². The number of pyridine rings is 1. The fourth-order valence-electron chi connectivity index (χ4n) is 2.89. The Kier molecular flexibility index (Phi) is 4.22. The molecule has 3 rings (SSSR count). The Bertz CT molecular complexity index is 762. The molecule has 2 aromatic rings. The van der Waals surface area contributed by atoms with E-state index in [1.807, 2.05) is 0 Å². The van der Waals surface area contributed by atoms with Gasteiger partial charge in [-0.25, -0.2) is 13.8 Å². The lowest BCUT2D eigenvalue weighted by molar-refractivity contribution is -0.0200. The molecule has 1 aliphatic rings. The number of aromatic nitrogens is 1. The van der Waals surface area contributed by atoms with Gasteiger partial charge in [-0.15, -0.1) is 0 Å². The van der Waals surface area contributed by atoms with E-state index in [0.717, 1.165) is 6.92 Å². The van der Waals surface area contributed by atoms with Crippen molar-refractivity contribution in [3.63, 3.8) is 0 Å². The molecule has 1 saturated carbocycles. The van der Waals surface area contributed by atoms with Crippen molar-refractivity contribution in [1.29, 1.82) is 0 Å². The quantitative estimate of drug-likeness (QED) is 0.812. The number of halogens is 2. The molecule has 1 aromatic carbocycles. The highest BCUT2D eigenvalue weighted by molar-refractivity contribution is 5.93. The smallest absolute Gasteiger partial charge is 0.254 e. The zero-order chi connectivity index (χ0) is 18.2. The summed E-state index contributed by atoms with van der Waals surface area (Å²) in [7, 11) is 3.33. The van der Waals surface area contributed by atoms with Gasteiger partial charge in [0.15, 0.2) is 0 Å². The molecule has 6 heteroatoms. The van der Waals surface area contributed by atoms with Gasteiger partial charge in [-0.2, -0.15) is 0 Å². The zero-order valence-electron chi connectivity index (χ0n) is 14.4. The van der Waals surface area contributed by atoms with Crippen molar-refractivity contribution in [1.82, 2.24) is 9.88 Å². The number of nitrogens with zero attached hydrogens (tertiary/aromatic N) is 2. The molecule has 1 fully saturated rings. The first-order valence-electron chi connectivity index (χ1n) is 8.07. The molecule has 0 N–H and O–H groups in total. The van der Waals surface area contributed by atoms with Crippen molar-refractivity contribution < 1.29 is 18.3 Å². The normalized spacial score (nSPS) is 15.6. The maximum absolute atomic E-state index is 13.8. The monoisotopic (exact) mass is 346 g/mol. The van der Waals surface area contributed by atoms with Crippen molar-refractivity contribution in [2.24, 2.45) is 0 Å². The van der Waals surface area contributed by atoms with Crippen molar-refractivity contribution in [2.45, 2.75) is 31.1 Å². The number of benzene rings is 1. The number of carbonyl (C=O) groups excluding carboxylic acids is 1. The van der Waals surface area contributed by atoms with Crippen LogP contribution in [0.1, 0.15) is 35.7 Å². The van der Waals surface area contributed by atoms with E-state index in [-0.39, 0.29) is 5.91 Å². The van der Waals surface area contributed by atoms with E-state index in [1.165, 1.54) is 11.1 Å². The number of hydrogen-bond acceptors (Lipinski definition) is 3. The van der Waals surface area contributed by atoms with Crippen molar-refractivity contribution >= 4 is 5.91 Å². The Labute approximate surface area is 145 Å². The fourth-order valence-corrected chi connectivity index (χ4v) is 2.89. The molecule has 0 aliphatic heterocycles. The van der Waals surface area contributed by atoms with E-state index in [0.29, 0.717) is 35.6 Å². The molecule has 1 amide bonds. The Balaban J connectivity index is 1.71. The summed E-state index contributed by atoms with van der Waals surface area (Å²) >= 11 is 0. The first-order valence-corrected chi connectivity index (χ1v) is 8.07. The summed E-state index contributed by atoms with van der Waals surface area (Å²) in [5.74, 6) is -2.02. The maximum atomic E-state index is 13.8. The van der Waals surface area contributed by atoms with Crippen LogP contribution in [-0.4, -0.2) is 35.8 Å². The third kappa shape index (κ3) is 3.34. The van der Waals surface area contributed by atoms with Gasteiger partial charge >= 0.3 is 0 Å². The summed E-state index contributed by atoms with van der Waals surface area (Å²) in [4.78, 5) is 17.4. The van der Waals surface area contributed by atoms with Crippen LogP contribution in [0.2, 0.25) is 0 Å². The average molecular weight is 346 g/mol. The SMILES string of the molecule is CN(C)C(=O)c1ccc(Oc2ccc(C3(C(C)(F)F)CC3)cc2)nc1. The molecular formula is C19H20F2N2O2. The predicted molar refractivity (Wildman–Crippen MR) is 90.3 cm³/mol. The summed E-state index contributed by atoms with van der Waals surface area (Å²) in [5, 5.41) is 0. The highest BCUT2D eigenvalue weighted by Gasteiger charge is 2.59. The molecular weight excluding hydrogens is 326 g/mol. The molecule has 0 bridgehead atoms. The van der Waals surface area contributed by atoms with Crippen LogP contribution >= 0.6 is 0 Å². The van der Waals surface area contributed by atoms with Crippen molar-refractivity contribution in [3.8, 4) is 11.6 Å². The highest BCUT2D eigenvalue weighted by atomic mass is 19.3. The first kappa shape index (κ1) is 17.3. The van der Waals surface area contributed by atoms with Gasteiger partial charge in [-0.05, 0) is 36.6 Å². The van der Waals surface area contributed by atoms with Gasteiger partial charge in [0.25, 0.3) is 11.8 Å². The summed E-state index contributed by atoms with van der Waals surface area (Å²) in [5.41, 5.74) is 0.0682. The Morgan fingerprint density at radius 3 is 2.24 bits per heavy atom. The van der Waals surface area contributed by atoms with Crippen molar-refractivity contribution in [3.05, 3.63) is 53.7 Å². The number of amides is 1. The topological polar surface area (TPSA) is 42.4 Å². The lowest BCUT2D eigenvalue weighted by Gasteiger charge is -2.23. The second kappa shape index (κ2) is 6.10. The van der Waals surface area contributed by atoms with Gasteiger partial charge < -0.3 is 9.64 Å². The second-order valence-corrected chi connectivity index (χ2v) is 6.68. The van der Waals surface area contributed by atoms with Gasteiger partial charge in [0.1, 0.15) is 5.75 Å². The molecule has 0 atom stereocenters. The van der Waals surface area contributed by atoms with E-state index in [4.69, 9.17) is 4.74 Å². The fraction of sp³-hybridized carbons (Fsp3) is 0.368. The van der Waals surface area contributed by atoms with E-state index in [9.17, 15) is 13.6 Å². The highest BCUT2D eigenvalue weighted by Crippen LogP contribution is 2.58. The molecule has 132 valence electrons. The summed E-state index contributed by atoms with van der Waals surface area (Å²) in [6.07, 6.45) is 2.45. The van der Waals surface area contributed by atoms with Crippen LogP contribution in [0.15, 0.2) is 42.6 Å².